The van der Waals surface area contributed by atoms with Crippen molar-refractivity contribution in [3.8, 4) is 5.40 Å². The molecule has 0 atom stereocenters. The molecular weight excluding hydrogens is 186 g/mol. The number of carbonyl (C=O) groups excluding carboxylic acids is 1. The molecule has 0 bridgehead atoms. The van der Waals surface area contributed by atoms with Gasteiger partial charge >= 0.3 is 5.97 Å². The van der Waals surface area contributed by atoms with E-state index in [1.54, 1.807) is 0 Å². The number of esters is 1. The van der Waals surface area contributed by atoms with Crippen LogP contribution in [0.1, 0.15) is 32.6 Å². The second-order valence-electron chi connectivity index (χ2n) is 2.66. The van der Waals surface area contributed by atoms with Gasteiger partial charge in [0.25, 0.3) is 0 Å². The van der Waals surface area contributed by atoms with Crippen molar-refractivity contribution in [2.45, 2.75) is 32.6 Å². The summed E-state index contributed by atoms with van der Waals surface area (Å²) in [6.07, 6.45) is 4.40. The summed E-state index contributed by atoms with van der Waals surface area (Å²) >= 11 is 0.916. The van der Waals surface area contributed by atoms with Gasteiger partial charge in [0, 0.05) is 0 Å². The SMILES string of the molecule is CCCCCCOC(=O)CSC#N. The summed E-state index contributed by atoms with van der Waals surface area (Å²) in [5.41, 5.74) is 0. The molecule has 0 heterocycles. The molecule has 0 saturated heterocycles. The summed E-state index contributed by atoms with van der Waals surface area (Å²) in [5, 5.41) is 9.99. The number of ether oxygens (including phenoxy) is 1. The Balaban J connectivity index is 3.13. The standard InChI is InChI=1S/C9H15NO2S/c1-2-3-4-5-6-12-9(11)7-13-8-10/h2-7H2,1H3. The fourth-order valence-corrected chi connectivity index (χ4v) is 1.11. The van der Waals surface area contributed by atoms with Gasteiger partial charge in [-0.05, 0) is 18.2 Å². The molecule has 0 aromatic heterocycles. The molecule has 0 fully saturated rings. The van der Waals surface area contributed by atoms with Gasteiger partial charge in [0.15, 0.2) is 0 Å². The Morgan fingerprint density at radius 1 is 1.46 bits per heavy atom. The van der Waals surface area contributed by atoms with Crippen LogP contribution < -0.4 is 0 Å². The van der Waals surface area contributed by atoms with Gasteiger partial charge in [0.1, 0.15) is 11.2 Å². The highest BCUT2D eigenvalue weighted by Crippen LogP contribution is 2.01. The number of unbranched alkanes of at least 4 members (excludes halogenated alkanes) is 3. The highest BCUT2D eigenvalue weighted by atomic mass is 32.2. The van der Waals surface area contributed by atoms with Crippen LogP contribution in [0.2, 0.25) is 0 Å². The maximum absolute atomic E-state index is 10.8. The van der Waals surface area contributed by atoms with Crippen LogP contribution in [-0.2, 0) is 9.53 Å². The Bertz CT molecular complexity index is 177. The number of rotatable bonds is 7. The third-order valence-corrected chi connectivity index (χ3v) is 2.02. The van der Waals surface area contributed by atoms with Crippen LogP contribution >= 0.6 is 11.8 Å². The monoisotopic (exact) mass is 201 g/mol. The van der Waals surface area contributed by atoms with E-state index in [0.717, 1.165) is 24.6 Å². The predicted molar refractivity (Wildman–Crippen MR) is 53.2 cm³/mol. The van der Waals surface area contributed by atoms with E-state index < -0.39 is 0 Å². The molecule has 13 heavy (non-hydrogen) atoms. The molecule has 0 aliphatic rings. The van der Waals surface area contributed by atoms with Gasteiger partial charge in [0.2, 0.25) is 0 Å². The first kappa shape index (κ1) is 12.3. The number of hydrogen-bond donors (Lipinski definition) is 0. The molecule has 0 radical (unpaired) electrons. The molecule has 0 N–H and O–H groups in total. The molecule has 0 spiro atoms. The van der Waals surface area contributed by atoms with E-state index in [0.29, 0.717) is 6.61 Å². The average Bonchev–Trinajstić information content (AvgIpc) is 2.14. The van der Waals surface area contributed by atoms with E-state index >= 15 is 0 Å². The molecule has 0 saturated carbocycles. The first-order chi connectivity index (χ1) is 6.31. The smallest absolute Gasteiger partial charge is 0.316 e. The second kappa shape index (κ2) is 9.40. The van der Waals surface area contributed by atoms with Gasteiger partial charge in [-0.2, -0.15) is 5.26 Å². The fourth-order valence-electron chi connectivity index (χ4n) is 0.848. The van der Waals surface area contributed by atoms with Crippen molar-refractivity contribution >= 4 is 17.7 Å². The highest BCUT2D eigenvalue weighted by molar-refractivity contribution is 8.04. The van der Waals surface area contributed by atoms with E-state index in [1.165, 1.54) is 12.8 Å². The summed E-state index contributed by atoms with van der Waals surface area (Å²) in [5.74, 6) is -0.146. The van der Waals surface area contributed by atoms with Crippen molar-refractivity contribution in [3.63, 3.8) is 0 Å². The molecule has 0 aliphatic carbocycles. The molecule has 0 aliphatic heterocycles. The van der Waals surface area contributed by atoms with Crippen molar-refractivity contribution < 1.29 is 9.53 Å². The first-order valence-corrected chi connectivity index (χ1v) is 5.46. The summed E-state index contributed by atoms with van der Waals surface area (Å²) in [6, 6.07) is 0. The summed E-state index contributed by atoms with van der Waals surface area (Å²) in [4.78, 5) is 10.8. The molecule has 0 unspecified atom stereocenters. The van der Waals surface area contributed by atoms with E-state index in [-0.39, 0.29) is 11.7 Å². The zero-order valence-electron chi connectivity index (χ0n) is 7.91. The number of thioether (sulfide) groups is 1. The number of nitrogens with zero attached hydrogens (tertiary/aromatic N) is 1. The van der Waals surface area contributed by atoms with Gasteiger partial charge < -0.3 is 4.74 Å². The Labute approximate surface area is 83.4 Å². The van der Waals surface area contributed by atoms with E-state index in [2.05, 4.69) is 6.92 Å². The number of hydrogen-bond acceptors (Lipinski definition) is 4. The molecule has 4 heteroatoms. The van der Waals surface area contributed by atoms with Crippen LogP contribution in [0.25, 0.3) is 0 Å². The zero-order chi connectivity index (χ0) is 9.94. The van der Waals surface area contributed by atoms with Crippen molar-refractivity contribution in [1.82, 2.24) is 0 Å². The number of carbonyl (C=O) groups is 1. The van der Waals surface area contributed by atoms with Crippen LogP contribution in [-0.4, -0.2) is 18.3 Å². The maximum Gasteiger partial charge on any atom is 0.316 e. The minimum Gasteiger partial charge on any atom is -0.465 e. The third-order valence-electron chi connectivity index (χ3n) is 1.52. The minimum absolute atomic E-state index is 0.143. The molecule has 0 amide bonds. The fraction of sp³-hybridized carbons (Fsp3) is 0.778. The predicted octanol–water partition coefficient (Wildman–Crippen LogP) is 2.32. The van der Waals surface area contributed by atoms with Crippen LogP contribution in [0.5, 0.6) is 0 Å². The largest absolute Gasteiger partial charge is 0.465 e. The quantitative estimate of drug-likeness (QED) is 0.360. The van der Waals surface area contributed by atoms with Gasteiger partial charge in [0.05, 0.1) is 6.61 Å². The summed E-state index contributed by atoms with van der Waals surface area (Å²) in [7, 11) is 0. The van der Waals surface area contributed by atoms with Crippen LogP contribution in [0.15, 0.2) is 0 Å². The average molecular weight is 201 g/mol. The Morgan fingerprint density at radius 2 is 2.23 bits per heavy atom. The molecular formula is C9H15NO2S. The van der Waals surface area contributed by atoms with E-state index in [4.69, 9.17) is 10.00 Å². The molecule has 3 nitrogen and oxygen atoms in total. The van der Waals surface area contributed by atoms with Gasteiger partial charge in [-0.15, -0.1) is 0 Å². The lowest BCUT2D eigenvalue weighted by atomic mass is 10.2. The Kier molecular flexibility index (Phi) is 8.90. The highest BCUT2D eigenvalue weighted by Gasteiger charge is 2.01. The number of thiocyanates is 1. The van der Waals surface area contributed by atoms with E-state index in [1.807, 2.05) is 5.40 Å². The summed E-state index contributed by atoms with van der Waals surface area (Å²) in [6.45, 7) is 2.63. The van der Waals surface area contributed by atoms with Crippen molar-refractivity contribution in [1.29, 1.82) is 5.26 Å². The van der Waals surface area contributed by atoms with Crippen LogP contribution in [0.3, 0.4) is 0 Å². The molecule has 0 aromatic carbocycles. The topological polar surface area (TPSA) is 50.1 Å². The second-order valence-corrected chi connectivity index (χ2v) is 3.42. The van der Waals surface area contributed by atoms with Crippen molar-refractivity contribution in [2.75, 3.05) is 12.4 Å². The van der Waals surface area contributed by atoms with Gasteiger partial charge in [-0.1, -0.05) is 26.2 Å². The molecule has 0 aromatic rings. The van der Waals surface area contributed by atoms with Gasteiger partial charge in [-0.25, -0.2) is 0 Å². The van der Waals surface area contributed by atoms with Crippen LogP contribution in [0.4, 0.5) is 0 Å². The molecule has 74 valence electrons. The lowest BCUT2D eigenvalue weighted by Gasteiger charge is -2.01. The van der Waals surface area contributed by atoms with E-state index in [9.17, 15) is 4.79 Å². The lowest BCUT2D eigenvalue weighted by molar-refractivity contribution is -0.140. The maximum atomic E-state index is 10.8. The first-order valence-electron chi connectivity index (χ1n) is 4.47. The summed E-state index contributed by atoms with van der Waals surface area (Å²) < 4.78 is 4.88. The Hall–Kier alpha value is -0.690. The normalized spacial score (nSPS) is 9.23. The van der Waals surface area contributed by atoms with Crippen LogP contribution in [0, 0.1) is 10.7 Å². The Morgan fingerprint density at radius 3 is 2.85 bits per heavy atom. The minimum atomic E-state index is -0.289. The van der Waals surface area contributed by atoms with Crippen molar-refractivity contribution in [3.05, 3.63) is 0 Å². The third kappa shape index (κ3) is 9.22. The lowest BCUT2D eigenvalue weighted by Crippen LogP contribution is -2.07. The number of nitriles is 1. The zero-order valence-corrected chi connectivity index (χ0v) is 8.73. The van der Waals surface area contributed by atoms with Crippen molar-refractivity contribution in [2.24, 2.45) is 0 Å². The molecule has 0 rings (SSSR count). The van der Waals surface area contributed by atoms with Gasteiger partial charge in [-0.3, -0.25) is 4.79 Å².